The number of methoxy groups -OCH3 is 1. The van der Waals surface area contributed by atoms with Gasteiger partial charge in [0.15, 0.2) is 0 Å². The van der Waals surface area contributed by atoms with E-state index >= 15 is 0 Å². The minimum atomic E-state index is 0. The molecule has 0 saturated heterocycles. The Morgan fingerprint density at radius 3 is 2.75 bits per heavy atom. The third-order valence-corrected chi connectivity index (χ3v) is 2.00. The lowest BCUT2D eigenvalue weighted by Crippen LogP contribution is -2.30. The molecule has 0 spiro atoms. The van der Waals surface area contributed by atoms with E-state index in [1.54, 1.807) is 7.11 Å². The third-order valence-electron chi connectivity index (χ3n) is 2.00. The van der Waals surface area contributed by atoms with Crippen molar-refractivity contribution in [2.75, 3.05) is 20.2 Å². The van der Waals surface area contributed by atoms with Gasteiger partial charge in [0, 0.05) is 13.7 Å². The Balaban J connectivity index is 0.00000121. The summed E-state index contributed by atoms with van der Waals surface area (Å²) < 4.78 is 5.25. The van der Waals surface area contributed by atoms with Gasteiger partial charge in [-0.3, -0.25) is 0 Å². The minimum Gasteiger partial charge on any atom is -0.380 e. The van der Waals surface area contributed by atoms with E-state index < -0.39 is 0 Å². The zero-order valence-corrected chi connectivity index (χ0v) is 8.06. The first kappa shape index (κ1) is 11.7. The van der Waals surface area contributed by atoms with E-state index in [1.165, 1.54) is 12.8 Å². The number of ether oxygens (including phenoxy) is 1. The van der Waals surface area contributed by atoms with E-state index in [0.717, 1.165) is 12.5 Å². The fraction of sp³-hybridized carbons (Fsp3) is 0.875. The molecule has 1 rings (SSSR count). The summed E-state index contributed by atoms with van der Waals surface area (Å²) in [5.41, 5.74) is 0. The predicted molar refractivity (Wildman–Crippen MR) is 49.3 cm³/mol. The average molecular weight is 191 g/mol. The summed E-state index contributed by atoms with van der Waals surface area (Å²) in [5.74, 6) is 0.742. The largest absolute Gasteiger partial charge is 0.380 e. The molecular formula is C8H15ClN2O. The molecule has 4 heteroatoms. The Hall–Kier alpha value is -0.300. The molecule has 0 radical (unpaired) electrons. The molecule has 1 unspecified atom stereocenters. The van der Waals surface area contributed by atoms with Crippen LogP contribution in [0.1, 0.15) is 12.8 Å². The molecule has 1 fully saturated rings. The first-order valence-electron chi connectivity index (χ1n) is 3.99. The molecule has 0 aliphatic heterocycles. The van der Waals surface area contributed by atoms with Crippen molar-refractivity contribution in [3.63, 3.8) is 0 Å². The van der Waals surface area contributed by atoms with Crippen LogP contribution in [0.25, 0.3) is 0 Å². The van der Waals surface area contributed by atoms with E-state index in [-0.39, 0.29) is 12.4 Å². The zero-order chi connectivity index (χ0) is 8.10. The van der Waals surface area contributed by atoms with Crippen LogP contribution in [0.15, 0.2) is 0 Å². The predicted octanol–water partition coefficient (Wildman–Crippen LogP) is 0.946. The standard InChI is InChI=1S/C8H14N2O.ClH/c1-11-8(7-2-3-7)6-10-5-4-9;/h7-8,10H,2-3,5-6H2,1H3;1H. The monoisotopic (exact) mass is 190 g/mol. The van der Waals surface area contributed by atoms with Gasteiger partial charge in [0.2, 0.25) is 0 Å². The number of halogens is 1. The van der Waals surface area contributed by atoms with Gasteiger partial charge in [-0.15, -0.1) is 12.4 Å². The second kappa shape index (κ2) is 6.24. The Morgan fingerprint density at radius 1 is 1.67 bits per heavy atom. The molecule has 12 heavy (non-hydrogen) atoms. The zero-order valence-electron chi connectivity index (χ0n) is 7.25. The molecule has 1 atom stereocenters. The van der Waals surface area contributed by atoms with Crippen LogP contribution in [0.2, 0.25) is 0 Å². The lowest BCUT2D eigenvalue weighted by Gasteiger charge is -2.13. The molecule has 0 amide bonds. The fourth-order valence-corrected chi connectivity index (χ4v) is 1.18. The lowest BCUT2D eigenvalue weighted by atomic mass is 10.2. The second-order valence-electron chi connectivity index (χ2n) is 2.90. The van der Waals surface area contributed by atoms with Crippen molar-refractivity contribution in [3.8, 4) is 6.07 Å². The second-order valence-corrected chi connectivity index (χ2v) is 2.90. The van der Waals surface area contributed by atoms with Crippen molar-refractivity contribution in [1.29, 1.82) is 5.26 Å². The van der Waals surface area contributed by atoms with Gasteiger partial charge < -0.3 is 10.1 Å². The van der Waals surface area contributed by atoms with Crippen molar-refractivity contribution < 1.29 is 4.74 Å². The van der Waals surface area contributed by atoms with Crippen molar-refractivity contribution in [3.05, 3.63) is 0 Å². The molecule has 1 aliphatic carbocycles. The van der Waals surface area contributed by atoms with Gasteiger partial charge in [-0.2, -0.15) is 5.26 Å². The summed E-state index contributed by atoms with van der Waals surface area (Å²) in [7, 11) is 1.73. The van der Waals surface area contributed by atoms with Gasteiger partial charge in [-0.05, 0) is 18.8 Å². The maximum atomic E-state index is 8.25. The smallest absolute Gasteiger partial charge is 0.0841 e. The van der Waals surface area contributed by atoms with Crippen LogP contribution in [-0.2, 0) is 4.74 Å². The van der Waals surface area contributed by atoms with Crippen LogP contribution < -0.4 is 5.32 Å². The minimum absolute atomic E-state index is 0. The SMILES string of the molecule is COC(CNCC#N)C1CC1.Cl. The van der Waals surface area contributed by atoms with Gasteiger partial charge >= 0.3 is 0 Å². The molecule has 1 aliphatic rings. The molecule has 0 bridgehead atoms. The van der Waals surface area contributed by atoms with E-state index in [0.29, 0.717) is 12.6 Å². The molecule has 3 nitrogen and oxygen atoms in total. The van der Waals surface area contributed by atoms with Crippen LogP contribution in [0.4, 0.5) is 0 Å². The van der Waals surface area contributed by atoms with Crippen LogP contribution in [0.5, 0.6) is 0 Å². The normalized spacial score (nSPS) is 17.7. The molecule has 0 aromatic rings. The Morgan fingerprint density at radius 2 is 2.33 bits per heavy atom. The highest BCUT2D eigenvalue weighted by atomic mass is 35.5. The Labute approximate surface area is 79.5 Å². The molecule has 1 N–H and O–H groups in total. The van der Waals surface area contributed by atoms with E-state index in [2.05, 4.69) is 5.32 Å². The fourth-order valence-electron chi connectivity index (χ4n) is 1.18. The highest BCUT2D eigenvalue weighted by molar-refractivity contribution is 5.85. The van der Waals surface area contributed by atoms with E-state index in [9.17, 15) is 0 Å². The topological polar surface area (TPSA) is 45.0 Å². The lowest BCUT2D eigenvalue weighted by molar-refractivity contribution is 0.0849. The van der Waals surface area contributed by atoms with Gasteiger partial charge in [0.25, 0.3) is 0 Å². The van der Waals surface area contributed by atoms with Crippen molar-refractivity contribution in [2.24, 2.45) is 5.92 Å². The first-order chi connectivity index (χ1) is 5.38. The average Bonchev–Trinajstić information content (AvgIpc) is 2.81. The molecule has 70 valence electrons. The molecule has 1 saturated carbocycles. The van der Waals surface area contributed by atoms with Crippen molar-refractivity contribution >= 4 is 12.4 Å². The maximum absolute atomic E-state index is 8.25. The highest BCUT2D eigenvalue weighted by Gasteiger charge is 2.30. The van der Waals surface area contributed by atoms with Gasteiger partial charge in [-0.1, -0.05) is 0 Å². The number of hydrogen-bond donors (Lipinski definition) is 1. The van der Waals surface area contributed by atoms with Gasteiger partial charge in [0.1, 0.15) is 0 Å². The quantitative estimate of drug-likeness (QED) is 0.519. The Kier molecular flexibility index (Phi) is 6.09. The number of hydrogen-bond acceptors (Lipinski definition) is 3. The van der Waals surface area contributed by atoms with Crippen LogP contribution in [-0.4, -0.2) is 26.3 Å². The summed E-state index contributed by atoms with van der Waals surface area (Å²) in [6, 6.07) is 2.04. The van der Waals surface area contributed by atoms with Gasteiger partial charge in [-0.25, -0.2) is 0 Å². The Bertz CT molecular complexity index is 154. The highest BCUT2D eigenvalue weighted by Crippen LogP contribution is 2.33. The summed E-state index contributed by atoms with van der Waals surface area (Å²) in [5, 5.41) is 11.3. The third kappa shape index (κ3) is 3.91. The van der Waals surface area contributed by atoms with E-state index in [4.69, 9.17) is 10.00 Å². The summed E-state index contributed by atoms with van der Waals surface area (Å²) in [4.78, 5) is 0. The van der Waals surface area contributed by atoms with Crippen LogP contribution in [0, 0.1) is 17.2 Å². The van der Waals surface area contributed by atoms with Crippen molar-refractivity contribution in [1.82, 2.24) is 5.32 Å². The number of nitrogens with zero attached hydrogens (tertiary/aromatic N) is 1. The summed E-state index contributed by atoms with van der Waals surface area (Å²) in [6.45, 7) is 1.24. The van der Waals surface area contributed by atoms with Crippen molar-refractivity contribution in [2.45, 2.75) is 18.9 Å². The van der Waals surface area contributed by atoms with Crippen LogP contribution >= 0.6 is 12.4 Å². The summed E-state index contributed by atoms with van der Waals surface area (Å²) >= 11 is 0. The van der Waals surface area contributed by atoms with Gasteiger partial charge in [0.05, 0.1) is 18.7 Å². The number of nitrogens with one attached hydrogen (secondary N) is 1. The number of rotatable bonds is 5. The van der Waals surface area contributed by atoms with Crippen LogP contribution in [0.3, 0.4) is 0 Å². The molecule has 0 aromatic heterocycles. The maximum Gasteiger partial charge on any atom is 0.0841 e. The number of nitriles is 1. The first-order valence-corrected chi connectivity index (χ1v) is 3.99. The van der Waals surface area contributed by atoms with E-state index in [1.807, 2.05) is 6.07 Å². The molecule has 0 aromatic carbocycles. The molecular weight excluding hydrogens is 176 g/mol. The molecule has 0 heterocycles. The summed E-state index contributed by atoms with van der Waals surface area (Å²) in [6.07, 6.45) is 2.89.